The average Bonchev–Trinajstić information content (AvgIpc) is 3.12. The van der Waals surface area contributed by atoms with Crippen LogP contribution in [0.25, 0.3) is 0 Å². The van der Waals surface area contributed by atoms with Gasteiger partial charge < -0.3 is 24.2 Å². The summed E-state index contributed by atoms with van der Waals surface area (Å²) in [4.78, 5) is 26.9. The highest BCUT2D eigenvalue weighted by Gasteiger charge is 2.14. The number of carbonyl (C=O) groups is 2. The highest BCUT2D eigenvalue weighted by atomic mass is 16.5. The smallest absolute Gasteiger partial charge is 0.330 e. The fraction of sp³-hybridized carbons (Fsp3) is 0.884. The number of hydrogen-bond acceptors (Lipinski definition) is 8. The van der Waals surface area contributed by atoms with Crippen molar-refractivity contribution in [1.29, 1.82) is 5.41 Å². The summed E-state index contributed by atoms with van der Waals surface area (Å²) in [5.74, 6) is -0.445. The summed E-state index contributed by atoms with van der Waals surface area (Å²) in [6, 6.07) is 0. The van der Waals surface area contributed by atoms with E-state index in [0.29, 0.717) is 26.2 Å². The monoisotopic (exact) mass is 723 g/mol. The molecule has 0 bridgehead atoms. The number of carbonyl (C=O) groups excluding carboxylic acids is 2. The minimum atomic E-state index is -0.436. The number of nitrogens with one attached hydrogen (secondary N) is 1. The van der Waals surface area contributed by atoms with Crippen molar-refractivity contribution in [3.05, 3.63) is 12.2 Å². The molecule has 0 aromatic heterocycles. The minimum Gasteiger partial charge on any atom is -0.478 e. The lowest BCUT2D eigenvalue weighted by molar-refractivity contribution is -0.150. The molecule has 0 aliphatic carbocycles. The van der Waals surface area contributed by atoms with E-state index in [0.717, 1.165) is 103 Å². The third-order valence-corrected chi connectivity index (χ3v) is 9.57. The predicted molar refractivity (Wildman–Crippen MR) is 213 cm³/mol. The Labute approximate surface area is 314 Å². The van der Waals surface area contributed by atoms with Crippen LogP contribution in [-0.4, -0.2) is 73.4 Å². The van der Waals surface area contributed by atoms with E-state index in [1.54, 1.807) is 0 Å². The van der Waals surface area contributed by atoms with E-state index < -0.39 is 5.97 Å². The zero-order chi connectivity index (χ0) is 37.5. The van der Waals surface area contributed by atoms with Crippen LogP contribution in [-0.2, 0) is 23.8 Å². The van der Waals surface area contributed by atoms with Crippen LogP contribution in [0.5, 0.6) is 0 Å². The van der Waals surface area contributed by atoms with Gasteiger partial charge in [0.2, 0.25) is 5.90 Å². The largest absolute Gasteiger partial charge is 0.478 e. The molecule has 0 rings (SSSR count). The van der Waals surface area contributed by atoms with Crippen LogP contribution in [0, 0.1) is 5.41 Å². The van der Waals surface area contributed by atoms with Gasteiger partial charge in [-0.15, -0.1) is 0 Å². The molecule has 2 N–H and O–H groups in total. The number of rotatable bonds is 39. The zero-order valence-electron chi connectivity index (χ0n) is 33.7. The van der Waals surface area contributed by atoms with Crippen molar-refractivity contribution in [1.82, 2.24) is 4.90 Å². The van der Waals surface area contributed by atoms with Crippen molar-refractivity contribution in [2.24, 2.45) is 0 Å². The number of hydrogen-bond donors (Lipinski definition) is 2. The van der Waals surface area contributed by atoms with Crippen LogP contribution in [0.3, 0.4) is 0 Å². The van der Waals surface area contributed by atoms with Crippen LogP contribution in [0.4, 0.5) is 0 Å². The van der Waals surface area contributed by atoms with Gasteiger partial charge in [-0.1, -0.05) is 136 Å². The van der Waals surface area contributed by atoms with Gasteiger partial charge >= 0.3 is 11.9 Å². The van der Waals surface area contributed by atoms with Gasteiger partial charge in [0.15, 0.2) is 0 Å². The molecule has 0 aliphatic rings. The van der Waals surface area contributed by atoms with E-state index in [1.165, 1.54) is 95.6 Å². The molecule has 300 valence electrons. The Morgan fingerprint density at radius 3 is 1.57 bits per heavy atom. The Bertz CT molecular complexity index is 804. The van der Waals surface area contributed by atoms with Gasteiger partial charge in [0.05, 0.1) is 19.8 Å². The number of ether oxygens (including phenoxy) is 3. The van der Waals surface area contributed by atoms with Crippen LogP contribution in [0.15, 0.2) is 12.2 Å². The first-order valence-electron chi connectivity index (χ1n) is 21.6. The van der Waals surface area contributed by atoms with E-state index >= 15 is 0 Å². The summed E-state index contributed by atoms with van der Waals surface area (Å²) in [5.41, 5.74) is 0. The summed E-state index contributed by atoms with van der Waals surface area (Å²) >= 11 is 0. The Morgan fingerprint density at radius 1 is 0.569 bits per heavy atom. The Hall–Kier alpha value is -1.93. The molecule has 0 aromatic rings. The Kier molecular flexibility index (Phi) is 37.8. The summed E-state index contributed by atoms with van der Waals surface area (Å²) < 4.78 is 16.6. The van der Waals surface area contributed by atoms with Crippen LogP contribution < -0.4 is 0 Å². The van der Waals surface area contributed by atoms with E-state index in [2.05, 4.69) is 25.7 Å². The molecule has 0 aromatic carbocycles. The number of aliphatic hydroxyl groups is 1. The highest BCUT2D eigenvalue weighted by Crippen LogP contribution is 2.18. The molecule has 0 saturated heterocycles. The van der Waals surface area contributed by atoms with Gasteiger partial charge in [-0.25, -0.2) is 4.79 Å². The first-order valence-corrected chi connectivity index (χ1v) is 21.6. The summed E-state index contributed by atoms with van der Waals surface area (Å²) in [6.07, 6.45) is 34.2. The van der Waals surface area contributed by atoms with Crippen molar-refractivity contribution in [2.45, 2.75) is 207 Å². The fourth-order valence-electron chi connectivity index (χ4n) is 6.34. The predicted octanol–water partition coefficient (Wildman–Crippen LogP) is 11.3. The molecule has 51 heavy (non-hydrogen) atoms. The number of esters is 2. The molecule has 0 radical (unpaired) electrons. The molecular formula is C43H82N2O6. The third-order valence-electron chi connectivity index (χ3n) is 9.57. The van der Waals surface area contributed by atoms with Crippen molar-refractivity contribution < 1.29 is 28.9 Å². The Balaban J connectivity index is 4.03. The quantitative estimate of drug-likeness (QED) is 0.0214. The second-order valence-electron chi connectivity index (χ2n) is 14.5. The summed E-state index contributed by atoms with van der Waals surface area (Å²) in [6.45, 7) is 10.4. The third kappa shape index (κ3) is 36.2. The molecular weight excluding hydrogens is 640 g/mol. The van der Waals surface area contributed by atoms with Gasteiger partial charge in [-0.05, 0) is 70.9 Å². The normalized spacial score (nSPS) is 11.6. The molecule has 0 atom stereocenters. The average molecular weight is 723 g/mol. The van der Waals surface area contributed by atoms with Gasteiger partial charge in [0.25, 0.3) is 0 Å². The molecule has 8 nitrogen and oxygen atoms in total. The zero-order valence-corrected chi connectivity index (χ0v) is 33.7. The van der Waals surface area contributed by atoms with Gasteiger partial charge in [0, 0.05) is 25.1 Å². The molecule has 8 heteroatoms. The SMILES string of the molecule is CCCCCCCCC(CCCCCCCC)OC(=O)CCCCCCCN(CCO)CCCCCCOC(=O)/C=C\C(=N)OCCCCCC. The molecule has 0 fully saturated rings. The molecule has 0 amide bonds. The topological polar surface area (TPSA) is 109 Å². The lowest BCUT2D eigenvalue weighted by Gasteiger charge is -2.21. The lowest BCUT2D eigenvalue weighted by Crippen LogP contribution is -2.29. The van der Waals surface area contributed by atoms with Gasteiger partial charge in [0.1, 0.15) is 6.10 Å². The van der Waals surface area contributed by atoms with E-state index in [1.807, 2.05) is 0 Å². The first-order chi connectivity index (χ1) is 25.0. The van der Waals surface area contributed by atoms with E-state index in [-0.39, 0.29) is 24.6 Å². The highest BCUT2D eigenvalue weighted by molar-refractivity contribution is 5.92. The van der Waals surface area contributed by atoms with Crippen molar-refractivity contribution in [2.75, 3.05) is 39.5 Å². The van der Waals surface area contributed by atoms with Gasteiger partial charge in [-0.2, -0.15) is 0 Å². The first kappa shape index (κ1) is 49.1. The fourth-order valence-corrected chi connectivity index (χ4v) is 6.34. The number of aliphatic hydroxyl groups excluding tert-OH is 1. The second kappa shape index (κ2) is 39.3. The number of nitrogens with zero attached hydrogens (tertiary/aromatic N) is 1. The van der Waals surface area contributed by atoms with E-state index in [4.69, 9.17) is 19.6 Å². The molecule has 0 saturated carbocycles. The standard InChI is InChI=1S/C43H82N2O6/c1-4-7-10-13-16-22-29-40(30-23-17-14-11-8-5-2)51-43(48)31-24-18-15-19-25-34-45(36-37-46)35-26-20-21-28-39-50-42(47)33-32-41(44)49-38-27-12-9-6-3/h32-33,40,44,46H,4-31,34-39H2,1-3H3/b33-32-,44-41?. The van der Waals surface area contributed by atoms with Gasteiger partial charge in [-0.3, -0.25) is 10.2 Å². The van der Waals surface area contributed by atoms with Crippen LogP contribution in [0.1, 0.15) is 201 Å². The number of unbranched alkanes of at least 4 members (excludes halogenated alkanes) is 20. The maximum atomic E-state index is 12.7. The molecule has 0 spiro atoms. The van der Waals surface area contributed by atoms with E-state index in [9.17, 15) is 14.7 Å². The summed E-state index contributed by atoms with van der Waals surface area (Å²) in [7, 11) is 0. The van der Waals surface area contributed by atoms with Crippen molar-refractivity contribution in [3.63, 3.8) is 0 Å². The molecule has 0 heterocycles. The van der Waals surface area contributed by atoms with Crippen LogP contribution in [0.2, 0.25) is 0 Å². The lowest BCUT2D eigenvalue weighted by atomic mass is 10.0. The summed E-state index contributed by atoms with van der Waals surface area (Å²) in [5, 5.41) is 17.3. The maximum absolute atomic E-state index is 12.7. The Morgan fingerprint density at radius 2 is 1.02 bits per heavy atom. The minimum absolute atomic E-state index is 0.00335. The maximum Gasteiger partial charge on any atom is 0.330 e. The molecule has 0 aliphatic heterocycles. The van der Waals surface area contributed by atoms with Crippen molar-refractivity contribution >= 4 is 17.8 Å². The second-order valence-corrected chi connectivity index (χ2v) is 14.5. The van der Waals surface area contributed by atoms with Crippen molar-refractivity contribution in [3.8, 4) is 0 Å². The molecule has 0 unspecified atom stereocenters. The van der Waals surface area contributed by atoms with Crippen LogP contribution >= 0.6 is 0 Å².